The smallest absolute Gasteiger partial charge is 0.256 e. The molecule has 3 aromatic rings. The Morgan fingerprint density at radius 2 is 1.81 bits per heavy atom. The predicted octanol–water partition coefficient (Wildman–Crippen LogP) is 4.82. The van der Waals surface area contributed by atoms with E-state index in [9.17, 15) is 9.59 Å². The van der Waals surface area contributed by atoms with E-state index in [1.165, 1.54) is 11.3 Å². The molecule has 3 rings (SSSR count). The molecule has 2 amide bonds. The number of anilines is 1. The molecule has 1 aromatic heterocycles. The topological polar surface area (TPSA) is 70.7 Å². The van der Waals surface area contributed by atoms with E-state index in [0.29, 0.717) is 23.4 Å². The molecule has 0 aliphatic rings. The van der Waals surface area contributed by atoms with Gasteiger partial charge < -0.3 is 15.4 Å². The van der Waals surface area contributed by atoms with Crippen molar-refractivity contribution in [2.75, 3.05) is 32.1 Å². The highest BCUT2D eigenvalue weighted by Crippen LogP contribution is 2.24. The molecule has 0 saturated heterocycles. The number of benzene rings is 2. The number of rotatable bonds is 10. The molecule has 168 valence electrons. The van der Waals surface area contributed by atoms with Gasteiger partial charge in [-0.05, 0) is 54.4 Å². The molecule has 0 bridgehead atoms. The summed E-state index contributed by atoms with van der Waals surface area (Å²) in [6.45, 7) is 6.34. The maximum atomic E-state index is 13.1. The van der Waals surface area contributed by atoms with Crippen LogP contribution in [0.25, 0.3) is 0 Å². The van der Waals surface area contributed by atoms with Crippen LogP contribution in [0.4, 0.5) is 5.69 Å². The van der Waals surface area contributed by atoms with Gasteiger partial charge >= 0.3 is 0 Å². The van der Waals surface area contributed by atoms with Crippen LogP contribution >= 0.6 is 11.3 Å². The van der Waals surface area contributed by atoms with Crippen molar-refractivity contribution < 1.29 is 14.3 Å². The van der Waals surface area contributed by atoms with E-state index in [1.54, 1.807) is 42.8 Å². The number of thiophene rings is 1. The maximum Gasteiger partial charge on any atom is 0.256 e. The van der Waals surface area contributed by atoms with Crippen LogP contribution in [-0.2, 0) is 0 Å². The second-order valence-electron chi connectivity index (χ2n) is 7.24. The first-order valence-electron chi connectivity index (χ1n) is 10.7. The molecule has 32 heavy (non-hydrogen) atoms. The number of hydrogen-bond donors (Lipinski definition) is 2. The summed E-state index contributed by atoms with van der Waals surface area (Å²) in [6, 6.07) is 16.7. The lowest BCUT2D eigenvalue weighted by Crippen LogP contribution is -2.38. The van der Waals surface area contributed by atoms with Crippen LogP contribution in [0, 0.1) is 0 Å². The average molecular weight is 452 g/mol. The fourth-order valence-corrected chi connectivity index (χ4v) is 4.27. The number of likely N-dealkylation sites (N-methyl/N-ethyl adjacent to an activating group) is 1. The summed E-state index contributed by atoms with van der Waals surface area (Å²) in [6.07, 6.45) is 0. The minimum absolute atomic E-state index is 0.00314. The largest absolute Gasteiger partial charge is 0.497 e. The first-order valence-corrected chi connectivity index (χ1v) is 11.6. The Kier molecular flexibility index (Phi) is 8.41. The fourth-order valence-electron chi connectivity index (χ4n) is 3.63. The Hall–Kier alpha value is -3.16. The molecular weight excluding hydrogens is 422 g/mol. The Labute approximate surface area is 193 Å². The standard InChI is InChI=1S/C25H29N3O3S/c1-4-28(5-2)23(18-9-8-10-20(15-18)31-3)16-26-25(30)21-11-6-7-12-22(21)27-24(29)19-13-14-32-17-19/h6-15,17,23H,4-5,16H2,1-3H3,(H,26,30)(H,27,29). The first-order chi connectivity index (χ1) is 15.6. The molecule has 1 heterocycles. The predicted molar refractivity (Wildman–Crippen MR) is 130 cm³/mol. The summed E-state index contributed by atoms with van der Waals surface area (Å²) in [7, 11) is 1.65. The molecule has 1 unspecified atom stereocenters. The van der Waals surface area contributed by atoms with Gasteiger partial charge in [-0.3, -0.25) is 14.5 Å². The van der Waals surface area contributed by atoms with E-state index in [2.05, 4.69) is 29.4 Å². The van der Waals surface area contributed by atoms with E-state index >= 15 is 0 Å². The Morgan fingerprint density at radius 3 is 2.50 bits per heavy atom. The Morgan fingerprint density at radius 1 is 1.03 bits per heavy atom. The van der Waals surface area contributed by atoms with Crippen LogP contribution in [0.1, 0.15) is 46.2 Å². The van der Waals surface area contributed by atoms with Gasteiger partial charge in [0.25, 0.3) is 11.8 Å². The number of para-hydroxylation sites is 1. The van der Waals surface area contributed by atoms with E-state index in [0.717, 1.165) is 24.4 Å². The molecule has 0 spiro atoms. The number of carbonyl (C=O) groups excluding carboxylic acids is 2. The van der Waals surface area contributed by atoms with Crippen molar-refractivity contribution in [3.05, 3.63) is 82.0 Å². The molecule has 2 aromatic carbocycles. The van der Waals surface area contributed by atoms with Crippen molar-refractivity contribution >= 4 is 28.8 Å². The Bertz CT molecular complexity index is 1030. The summed E-state index contributed by atoms with van der Waals surface area (Å²) in [5.41, 5.74) is 2.57. The monoisotopic (exact) mass is 451 g/mol. The lowest BCUT2D eigenvalue weighted by molar-refractivity contribution is 0.0936. The number of nitrogens with one attached hydrogen (secondary N) is 2. The molecule has 0 aliphatic carbocycles. The van der Waals surface area contributed by atoms with Crippen LogP contribution in [0.3, 0.4) is 0 Å². The number of carbonyl (C=O) groups is 2. The zero-order valence-corrected chi connectivity index (χ0v) is 19.4. The van der Waals surface area contributed by atoms with Gasteiger partial charge in [0, 0.05) is 11.9 Å². The van der Waals surface area contributed by atoms with Crippen molar-refractivity contribution in [3.8, 4) is 5.75 Å². The van der Waals surface area contributed by atoms with Crippen molar-refractivity contribution in [1.82, 2.24) is 10.2 Å². The average Bonchev–Trinajstić information content (AvgIpc) is 3.37. The third-order valence-corrected chi connectivity index (χ3v) is 6.07. The van der Waals surface area contributed by atoms with E-state index in [1.807, 2.05) is 29.6 Å². The summed E-state index contributed by atoms with van der Waals surface area (Å²) in [4.78, 5) is 27.9. The summed E-state index contributed by atoms with van der Waals surface area (Å²) < 4.78 is 5.38. The number of methoxy groups -OCH3 is 1. The van der Waals surface area contributed by atoms with Crippen molar-refractivity contribution in [3.63, 3.8) is 0 Å². The van der Waals surface area contributed by atoms with E-state index < -0.39 is 0 Å². The van der Waals surface area contributed by atoms with Crippen molar-refractivity contribution in [2.24, 2.45) is 0 Å². The lowest BCUT2D eigenvalue weighted by Gasteiger charge is -2.30. The minimum atomic E-state index is -0.233. The Balaban J connectivity index is 1.77. The quantitative estimate of drug-likeness (QED) is 0.464. The summed E-state index contributed by atoms with van der Waals surface area (Å²) in [5.74, 6) is 0.322. The van der Waals surface area contributed by atoms with Gasteiger partial charge in [0.15, 0.2) is 0 Å². The molecule has 6 nitrogen and oxygen atoms in total. The number of amides is 2. The molecule has 0 aliphatic heterocycles. The second kappa shape index (κ2) is 11.5. The van der Waals surface area contributed by atoms with Crippen LogP contribution in [0.2, 0.25) is 0 Å². The van der Waals surface area contributed by atoms with Crippen LogP contribution in [-0.4, -0.2) is 43.5 Å². The van der Waals surface area contributed by atoms with Crippen LogP contribution < -0.4 is 15.4 Å². The molecule has 0 fully saturated rings. The van der Waals surface area contributed by atoms with Crippen molar-refractivity contribution in [2.45, 2.75) is 19.9 Å². The molecule has 0 radical (unpaired) electrons. The zero-order chi connectivity index (χ0) is 22.9. The summed E-state index contributed by atoms with van der Waals surface area (Å²) >= 11 is 1.45. The SMILES string of the molecule is CCN(CC)C(CNC(=O)c1ccccc1NC(=O)c1ccsc1)c1cccc(OC)c1. The fraction of sp³-hybridized carbons (Fsp3) is 0.280. The normalized spacial score (nSPS) is 11.8. The zero-order valence-electron chi connectivity index (χ0n) is 18.6. The lowest BCUT2D eigenvalue weighted by atomic mass is 10.0. The maximum absolute atomic E-state index is 13.1. The number of hydrogen-bond acceptors (Lipinski definition) is 5. The van der Waals surface area contributed by atoms with Gasteiger partial charge in [-0.1, -0.05) is 38.1 Å². The highest BCUT2D eigenvalue weighted by molar-refractivity contribution is 7.08. The highest BCUT2D eigenvalue weighted by Gasteiger charge is 2.21. The van der Waals surface area contributed by atoms with Gasteiger partial charge in [0.1, 0.15) is 5.75 Å². The molecular formula is C25H29N3O3S. The van der Waals surface area contributed by atoms with E-state index in [-0.39, 0.29) is 17.9 Å². The number of nitrogens with zero attached hydrogens (tertiary/aromatic N) is 1. The number of ether oxygens (including phenoxy) is 1. The summed E-state index contributed by atoms with van der Waals surface area (Å²) in [5, 5.41) is 9.54. The van der Waals surface area contributed by atoms with Crippen molar-refractivity contribution in [1.29, 1.82) is 0 Å². The molecule has 1 atom stereocenters. The first kappa shape index (κ1) is 23.5. The molecule has 0 saturated carbocycles. The molecule has 7 heteroatoms. The van der Waals surface area contributed by atoms with E-state index in [4.69, 9.17) is 4.74 Å². The van der Waals surface area contributed by atoms with Gasteiger partial charge in [-0.15, -0.1) is 0 Å². The third kappa shape index (κ3) is 5.75. The van der Waals surface area contributed by atoms with Gasteiger partial charge in [-0.25, -0.2) is 0 Å². The van der Waals surface area contributed by atoms with Gasteiger partial charge in [0.05, 0.1) is 30.0 Å². The highest BCUT2D eigenvalue weighted by atomic mass is 32.1. The van der Waals surface area contributed by atoms with Crippen LogP contribution in [0.15, 0.2) is 65.4 Å². The molecule has 2 N–H and O–H groups in total. The van der Waals surface area contributed by atoms with Crippen LogP contribution in [0.5, 0.6) is 5.75 Å². The van der Waals surface area contributed by atoms with Gasteiger partial charge in [-0.2, -0.15) is 11.3 Å². The second-order valence-corrected chi connectivity index (χ2v) is 8.02. The third-order valence-electron chi connectivity index (χ3n) is 5.39. The minimum Gasteiger partial charge on any atom is -0.497 e. The van der Waals surface area contributed by atoms with Gasteiger partial charge in [0.2, 0.25) is 0 Å².